The van der Waals surface area contributed by atoms with Crippen LogP contribution in [0.1, 0.15) is 51.2 Å². The van der Waals surface area contributed by atoms with Crippen LogP contribution in [0.25, 0.3) is 5.57 Å². The van der Waals surface area contributed by atoms with Crippen molar-refractivity contribution in [1.82, 2.24) is 10.3 Å². The molecule has 3 nitrogen and oxygen atoms in total. The highest BCUT2D eigenvalue weighted by atomic mass is 19.1. The molecular weight excluding hydrogens is 361 g/mol. The number of nitrogens with one attached hydrogen (secondary N) is 1. The molecule has 0 amide bonds. The molecule has 3 N–H and O–H groups in total. The Kier molecular flexibility index (Phi) is 7.60. The number of pyridine rings is 1. The number of aryl methyl sites for hydroxylation is 1. The number of nitrogens with two attached hydrogens (primary N) is 1. The Morgan fingerprint density at radius 3 is 2.62 bits per heavy atom. The number of nitrogen functional groups attached to an aromatic ring is 1. The molecule has 1 fully saturated rings. The summed E-state index contributed by atoms with van der Waals surface area (Å²) >= 11 is 0. The zero-order chi connectivity index (χ0) is 21.7. The van der Waals surface area contributed by atoms with E-state index in [2.05, 4.69) is 43.9 Å². The van der Waals surface area contributed by atoms with Gasteiger partial charge in [0.1, 0.15) is 11.6 Å². The van der Waals surface area contributed by atoms with Gasteiger partial charge in [0.2, 0.25) is 0 Å². The fourth-order valence-electron chi connectivity index (χ4n) is 3.98. The molecule has 3 unspecified atom stereocenters. The van der Waals surface area contributed by atoms with Crippen LogP contribution in [0.5, 0.6) is 0 Å². The Hall–Kier alpha value is -2.62. The number of hydrogen-bond acceptors (Lipinski definition) is 3. The molecule has 0 aliphatic heterocycles. The van der Waals surface area contributed by atoms with Gasteiger partial charge in [-0.3, -0.25) is 0 Å². The van der Waals surface area contributed by atoms with Crippen LogP contribution in [-0.2, 0) is 0 Å². The number of allylic oxidation sites excluding steroid dienone is 5. The second-order valence-corrected chi connectivity index (χ2v) is 8.18. The van der Waals surface area contributed by atoms with Gasteiger partial charge in [-0.05, 0) is 80.4 Å². The van der Waals surface area contributed by atoms with Crippen molar-refractivity contribution in [2.24, 2.45) is 11.8 Å². The predicted octanol–water partition coefficient (Wildman–Crippen LogP) is 6.27. The van der Waals surface area contributed by atoms with E-state index in [0.29, 0.717) is 34.5 Å². The van der Waals surface area contributed by atoms with Crippen molar-refractivity contribution >= 4 is 11.4 Å². The van der Waals surface area contributed by atoms with Gasteiger partial charge < -0.3 is 11.1 Å². The first-order valence-electron chi connectivity index (χ1n) is 10.2. The van der Waals surface area contributed by atoms with Gasteiger partial charge >= 0.3 is 0 Å². The highest BCUT2D eigenvalue weighted by Gasteiger charge is 2.32. The van der Waals surface area contributed by atoms with E-state index < -0.39 is 0 Å². The highest BCUT2D eigenvalue weighted by molar-refractivity contribution is 5.84. The summed E-state index contributed by atoms with van der Waals surface area (Å²) < 4.78 is 14.8. The van der Waals surface area contributed by atoms with Crippen molar-refractivity contribution in [3.63, 3.8) is 0 Å². The molecule has 4 heteroatoms. The summed E-state index contributed by atoms with van der Waals surface area (Å²) in [6, 6.07) is 2.05. The van der Waals surface area contributed by atoms with E-state index in [1.54, 1.807) is 19.2 Å². The number of hydrogen-bond donors (Lipinski definition) is 2. The van der Waals surface area contributed by atoms with Crippen LogP contribution in [0.15, 0.2) is 66.8 Å². The number of anilines is 1. The van der Waals surface area contributed by atoms with Crippen molar-refractivity contribution < 1.29 is 4.39 Å². The molecule has 29 heavy (non-hydrogen) atoms. The van der Waals surface area contributed by atoms with E-state index in [9.17, 15) is 4.39 Å². The minimum atomic E-state index is -0.312. The van der Waals surface area contributed by atoms with Gasteiger partial charge in [0.05, 0.1) is 5.70 Å². The zero-order valence-corrected chi connectivity index (χ0v) is 18.2. The van der Waals surface area contributed by atoms with Gasteiger partial charge in [0.15, 0.2) is 0 Å². The maximum atomic E-state index is 14.8. The summed E-state index contributed by atoms with van der Waals surface area (Å²) in [6.07, 6.45) is 8.24. The summed E-state index contributed by atoms with van der Waals surface area (Å²) in [4.78, 5) is 4.19. The molecule has 2 rings (SSSR count). The van der Waals surface area contributed by atoms with Crippen molar-refractivity contribution in [2.75, 3.05) is 5.73 Å². The fraction of sp³-hybridized carbons (Fsp3) is 0.400. The average Bonchev–Trinajstić information content (AvgIpc) is 2.69. The Morgan fingerprint density at radius 1 is 1.31 bits per heavy atom. The highest BCUT2D eigenvalue weighted by Crippen LogP contribution is 2.35. The third-order valence-electron chi connectivity index (χ3n) is 5.77. The van der Waals surface area contributed by atoms with Crippen LogP contribution in [0.3, 0.4) is 0 Å². The summed E-state index contributed by atoms with van der Waals surface area (Å²) in [6.45, 7) is 20.3. The molecule has 1 saturated carbocycles. The summed E-state index contributed by atoms with van der Waals surface area (Å²) in [7, 11) is 0. The maximum Gasteiger partial charge on any atom is 0.142 e. The largest absolute Gasteiger partial charge is 0.383 e. The summed E-state index contributed by atoms with van der Waals surface area (Å²) in [5.74, 6) is 0.818. The lowest BCUT2D eigenvalue weighted by atomic mass is 9.74. The van der Waals surface area contributed by atoms with E-state index in [1.807, 2.05) is 13.0 Å². The first kappa shape index (κ1) is 22.7. The van der Waals surface area contributed by atoms with E-state index in [0.717, 1.165) is 29.5 Å². The number of rotatable bonds is 7. The molecular formula is C25H34FN3. The predicted molar refractivity (Wildman–Crippen MR) is 123 cm³/mol. The minimum absolute atomic E-state index is 0.130. The van der Waals surface area contributed by atoms with Crippen LogP contribution in [0.2, 0.25) is 0 Å². The molecule has 0 aromatic carbocycles. The Labute approximate surface area is 175 Å². The van der Waals surface area contributed by atoms with E-state index >= 15 is 0 Å². The second kappa shape index (κ2) is 9.73. The van der Waals surface area contributed by atoms with Crippen LogP contribution in [0, 0.1) is 18.8 Å². The van der Waals surface area contributed by atoms with E-state index in [1.165, 1.54) is 12.5 Å². The summed E-state index contributed by atoms with van der Waals surface area (Å²) in [5, 5.41) is 3.46. The van der Waals surface area contributed by atoms with Crippen LogP contribution >= 0.6 is 0 Å². The van der Waals surface area contributed by atoms with Crippen LogP contribution in [-0.4, -0.2) is 11.0 Å². The lowest BCUT2D eigenvalue weighted by Gasteiger charge is -2.38. The fourth-order valence-corrected chi connectivity index (χ4v) is 3.98. The van der Waals surface area contributed by atoms with Gasteiger partial charge in [-0.2, -0.15) is 0 Å². The third-order valence-corrected chi connectivity index (χ3v) is 5.77. The molecule has 0 spiro atoms. The molecule has 3 atom stereocenters. The minimum Gasteiger partial charge on any atom is -0.383 e. The van der Waals surface area contributed by atoms with Gasteiger partial charge in [0.25, 0.3) is 0 Å². The number of halogens is 1. The monoisotopic (exact) mass is 395 g/mol. The van der Waals surface area contributed by atoms with Crippen molar-refractivity contribution in [3.05, 3.63) is 77.9 Å². The number of nitrogens with zero attached hydrogens (tertiary/aromatic N) is 1. The Bertz CT molecular complexity index is 863. The van der Waals surface area contributed by atoms with Gasteiger partial charge in [-0.15, -0.1) is 0 Å². The van der Waals surface area contributed by atoms with Crippen LogP contribution in [0.4, 0.5) is 10.2 Å². The summed E-state index contributed by atoms with van der Waals surface area (Å²) in [5.41, 5.74) is 10.5. The standard InChI is InChI=1S/C25H34FN3/c1-8-22(26)23(29-24-17(5)10-9-11-20(24)15(2)3)13-18(6)19(7)21-12-16(4)14-28-25(21)27/h8,12-14,17,20,24,29H,2,6-7,9-11H2,1,3-5H3,(H2,27,28)/b22-8+,23-13+. The van der Waals surface area contributed by atoms with Crippen LogP contribution < -0.4 is 11.1 Å². The van der Waals surface area contributed by atoms with Crippen molar-refractivity contribution in [3.8, 4) is 0 Å². The Balaban J connectivity index is 2.35. The molecule has 1 aromatic rings. The number of aromatic nitrogens is 1. The average molecular weight is 396 g/mol. The quantitative estimate of drug-likeness (QED) is 0.422. The normalized spacial score (nSPS) is 22.9. The zero-order valence-electron chi connectivity index (χ0n) is 18.2. The molecule has 1 aromatic heterocycles. The second-order valence-electron chi connectivity index (χ2n) is 8.18. The van der Waals surface area contributed by atoms with Gasteiger partial charge in [0, 0.05) is 17.8 Å². The third kappa shape index (κ3) is 5.47. The molecule has 0 bridgehead atoms. The first-order chi connectivity index (χ1) is 13.6. The smallest absolute Gasteiger partial charge is 0.142 e. The molecule has 0 radical (unpaired) electrons. The van der Waals surface area contributed by atoms with E-state index in [4.69, 9.17) is 5.73 Å². The first-order valence-corrected chi connectivity index (χ1v) is 10.2. The SMILES string of the molecule is C=C(/C=C(NC1C(C)CCCC1C(=C)C)\C(F)=C/C)C(=C)c1cc(C)cnc1N. The van der Waals surface area contributed by atoms with Gasteiger partial charge in [-0.1, -0.05) is 38.7 Å². The van der Waals surface area contributed by atoms with E-state index in [-0.39, 0.29) is 11.9 Å². The van der Waals surface area contributed by atoms with Gasteiger partial charge in [-0.25, -0.2) is 9.37 Å². The van der Waals surface area contributed by atoms with Crippen molar-refractivity contribution in [1.29, 1.82) is 0 Å². The molecule has 156 valence electrons. The maximum absolute atomic E-state index is 14.8. The molecule has 1 aliphatic carbocycles. The van der Waals surface area contributed by atoms with Crippen molar-refractivity contribution in [2.45, 2.75) is 53.0 Å². The lowest BCUT2D eigenvalue weighted by molar-refractivity contribution is 0.232. The molecule has 0 saturated heterocycles. The lowest BCUT2D eigenvalue weighted by Crippen LogP contribution is -2.44. The molecule has 1 heterocycles. The topological polar surface area (TPSA) is 50.9 Å². The molecule has 1 aliphatic rings. The Morgan fingerprint density at radius 2 is 2.00 bits per heavy atom.